The molecule has 1 N–H and O–H groups in total. The van der Waals surface area contributed by atoms with Crippen molar-refractivity contribution in [2.24, 2.45) is 0 Å². The van der Waals surface area contributed by atoms with Crippen LogP contribution in [0.1, 0.15) is 27.3 Å². The zero-order valence-electron chi connectivity index (χ0n) is 13.8. The molecular weight excluding hydrogens is 326 g/mol. The number of aryl methyl sites for hydroxylation is 3. The Morgan fingerprint density at radius 3 is 2.75 bits per heavy atom. The number of nitrogens with one attached hydrogen (secondary N) is 1. The molecule has 1 heterocycles. The quantitative estimate of drug-likeness (QED) is 0.636. The molecule has 0 aliphatic carbocycles. The van der Waals surface area contributed by atoms with Gasteiger partial charge in [-0.3, -0.25) is 19.9 Å². The first kappa shape index (κ1) is 17.9. The SMILES string of the molecule is CSCCc1cc(C)nc(C)c1C(=O)Nc1cccc([N+](=O)[O-])c1. The zero-order chi connectivity index (χ0) is 17.7. The van der Waals surface area contributed by atoms with Crippen LogP contribution in [-0.2, 0) is 6.42 Å². The van der Waals surface area contributed by atoms with Gasteiger partial charge in [-0.15, -0.1) is 0 Å². The molecule has 1 aromatic heterocycles. The molecule has 0 fully saturated rings. The predicted octanol–water partition coefficient (Wildman–Crippen LogP) is 3.76. The fourth-order valence-electron chi connectivity index (χ4n) is 2.52. The number of nitro benzene ring substituents is 1. The van der Waals surface area contributed by atoms with Gasteiger partial charge in [-0.2, -0.15) is 11.8 Å². The number of nitrogens with zero attached hydrogens (tertiary/aromatic N) is 2. The fourth-order valence-corrected chi connectivity index (χ4v) is 2.94. The average Bonchev–Trinajstić information content (AvgIpc) is 2.52. The van der Waals surface area contributed by atoms with Gasteiger partial charge in [0, 0.05) is 23.5 Å². The first-order chi connectivity index (χ1) is 11.4. The number of aromatic nitrogens is 1. The van der Waals surface area contributed by atoms with Crippen LogP contribution in [0.5, 0.6) is 0 Å². The summed E-state index contributed by atoms with van der Waals surface area (Å²) in [7, 11) is 0. The van der Waals surface area contributed by atoms with Crippen molar-refractivity contribution in [2.75, 3.05) is 17.3 Å². The number of hydrogen-bond acceptors (Lipinski definition) is 5. The Morgan fingerprint density at radius 1 is 1.33 bits per heavy atom. The van der Waals surface area contributed by atoms with E-state index < -0.39 is 4.92 Å². The topological polar surface area (TPSA) is 85.1 Å². The molecule has 0 spiro atoms. The second-order valence-corrected chi connectivity index (χ2v) is 6.37. The normalized spacial score (nSPS) is 10.5. The third-order valence-electron chi connectivity index (χ3n) is 3.53. The molecule has 0 atom stereocenters. The van der Waals surface area contributed by atoms with E-state index in [1.807, 2.05) is 19.2 Å². The highest BCUT2D eigenvalue weighted by atomic mass is 32.2. The number of benzene rings is 1. The van der Waals surface area contributed by atoms with Crippen LogP contribution in [0.25, 0.3) is 0 Å². The molecule has 1 aromatic carbocycles. The molecule has 0 bridgehead atoms. The Hall–Kier alpha value is -2.41. The summed E-state index contributed by atoms with van der Waals surface area (Å²) in [6.45, 7) is 3.70. The summed E-state index contributed by atoms with van der Waals surface area (Å²) >= 11 is 1.71. The molecule has 6 nitrogen and oxygen atoms in total. The molecule has 2 aromatic rings. The number of non-ortho nitro benzene ring substituents is 1. The van der Waals surface area contributed by atoms with Gasteiger partial charge in [-0.1, -0.05) is 6.07 Å². The third-order valence-corrected chi connectivity index (χ3v) is 4.14. The van der Waals surface area contributed by atoms with Crippen molar-refractivity contribution in [1.82, 2.24) is 4.98 Å². The Labute approximate surface area is 144 Å². The van der Waals surface area contributed by atoms with E-state index in [1.54, 1.807) is 30.8 Å². The first-order valence-corrected chi connectivity index (χ1v) is 8.83. The van der Waals surface area contributed by atoms with E-state index in [4.69, 9.17) is 0 Å². The van der Waals surface area contributed by atoms with Crippen LogP contribution in [0.4, 0.5) is 11.4 Å². The first-order valence-electron chi connectivity index (χ1n) is 7.44. The maximum absolute atomic E-state index is 12.7. The van der Waals surface area contributed by atoms with Crippen LogP contribution in [0, 0.1) is 24.0 Å². The summed E-state index contributed by atoms with van der Waals surface area (Å²) in [5.74, 6) is 0.608. The Kier molecular flexibility index (Phi) is 5.92. The number of anilines is 1. The fraction of sp³-hybridized carbons (Fsp3) is 0.294. The van der Waals surface area contributed by atoms with Crippen molar-refractivity contribution in [3.63, 3.8) is 0 Å². The molecule has 1 amide bonds. The van der Waals surface area contributed by atoms with E-state index in [0.717, 1.165) is 23.4 Å². The lowest BCUT2D eigenvalue weighted by Crippen LogP contribution is -2.17. The summed E-state index contributed by atoms with van der Waals surface area (Å²) in [5.41, 5.74) is 3.35. The van der Waals surface area contributed by atoms with Gasteiger partial charge >= 0.3 is 0 Å². The Morgan fingerprint density at radius 2 is 2.08 bits per heavy atom. The second-order valence-electron chi connectivity index (χ2n) is 5.39. The Balaban J connectivity index is 2.32. The lowest BCUT2D eigenvalue weighted by molar-refractivity contribution is -0.384. The predicted molar refractivity (Wildman–Crippen MR) is 96.8 cm³/mol. The lowest BCUT2D eigenvalue weighted by Gasteiger charge is -2.13. The number of rotatable bonds is 6. The number of amides is 1. The highest BCUT2D eigenvalue weighted by molar-refractivity contribution is 7.98. The minimum Gasteiger partial charge on any atom is -0.322 e. The molecule has 126 valence electrons. The highest BCUT2D eigenvalue weighted by Crippen LogP contribution is 2.21. The van der Waals surface area contributed by atoms with E-state index in [1.165, 1.54) is 12.1 Å². The number of nitro groups is 1. The van der Waals surface area contributed by atoms with Gasteiger partial charge in [0.2, 0.25) is 0 Å². The summed E-state index contributed by atoms with van der Waals surface area (Å²) in [6.07, 6.45) is 2.78. The van der Waals surface area contributed by atoms with Crippen LogP contribution in [0.15, 0.2) is 30.3 Å². The molecule has 24 heavy (non-hydrogen) atoms. The van der Waals surface area contributed by atoms with Crippen molar-refractivity contribution in [2.45, 2.75) is 20.3 Å². The van der Waals surface area contributed by atoms with E-state index >= 15 is 0 Å². The van der Waals surface area contributed by atoms with E-state index in [0.29, 0.717) is 16.9 Å². The van der Waals surface area contributed by atoms with E-state index in [2.05, 4.69) is 10.3 Å². The van der Waals surface area contributed by atoms with Crippen LogP contribution >= 0.6 is 11.8 Å². The van der Waals surface area contributed by atoms with E-state index in [9.17, 15) is 14.9 Å². The molecule has 0 aliphatic rings. The van der Waals surface area contributed by atoms with Gasteiger partial charge in [-0.05, 0) is 50.0 Å². The van der Waals surface area contributed by atoms with Crippen molar-refractivity contribution < 1.29 is 9.72 Å². The number of hydrogen-bond donors (Lipinski definition) is 1. The van der Waals surface area contributed by atoms with Gasteiger partial charge in [0.05, 0.1) is 16.2 Å². The molecule has 2 rings (SSSR count). The average molecular weight is 345 g/mol. The minimum absolute atomic E-state index is 0.0610. The molecule has 0 radical (unpaired) electrons. The van der Waals surface area contributed by atoms with Crippen LogP contribution in [0.2, 0.25) is 0 Å². The summed E-state index contributed by atoms with van der Waals surface area (Å²) in [5, 5.41) is 13.6. The van der Waals surface area contributed by atoms with Crippen molar-refractivity contribution in [3.05, 3.63) is 63.0 Å². The molecule has 0 aliphatic heterocycles. The highest BCUT2D eigenvalue weighted by Gasteiger charge is 2.17. The maximum Gasteiger partial charge on any atom is 0.271 e. The van der Waals surface area contributed by atoms with Gasteiger partial charge in [0.15, 0.2) is 0 Å². The number of thioether (sulfide) groups is 1. The smallest absolute Gasteiger partial charge is 0.271 e. The van der Waals surface area contributed by atoms with Crippen molar-refractivity contribution in [3.8, 4) is 0 Å². The van der Waals surface area contributed by atoms with Crippen LogP contribution < -0.4 is 5.32 Å². The van der Waals surface area contributed by atoms with Gasteiger partial charge in [-0.25, -0.2) is 0 Å². The van der Waals surface area contributed by atoms with Crippen molar-refractivity contribution >= 4 is 29.0 Å². The zero-order valence-corrected chi connectivity index (χ0v) is 14.6. The third kappa shape index (κ3) is 4.32. The Bertz CT molecular complexity index is 778. The van der Waals surface area contributed by atoms with Gasteiger partial charge in [0.1, 0.15) is 0 Å². The standard InChI is InChI=1S/C17H19N3O3S/c1-11-9-13(7-8-24-3)16(12(2)18-11)17(21)19-14-5-4-6-15(10-14)20(22)23/h4-6,9-10H,7-8H2,1-3H3,(H,19,21). The molecule has 0 unspecified atom stereocenters. The van der Waals surface area contributed by atoms with Gasteiger partial charge < -0.3 is 5.32 Å². The number of pyridine rings is 1. The number of carbonyl (C=O) groups excluding carboxylic acids is 1. The summed E-state index contributed by atoms with van der Waals surface area (Å²) in [4.78, 5) is 27.4. The van der Waals surface area contributed by atoms with Crippen molar-refractivity contribution in [1.29, 1.82) is 0 Å². The van der Waals surface area contributed by atoms with Crippen LogP contribution in [0.3, 0.4) is 0 Å². The van der Waals surface area contributed by atoms with E-state index in [-0.39, 0.29) is 11.6 Å². The number of carbonyl (C=O) groups is 1. The molecule has 7 heteroatoms. The summed E-state index contributed by atoms with van der Waals surface area (Å²) in [6, 6.07) is 7.83. The largest absolute Gasteiger partial charge is 0.322 e. The minimum atomic E-state index is -0.488. The molecule has 0 saturated carbocycles. The summed E-state index contributed by atoms with van der Waals surface area (Å²) < 4.78 is 0. The van der Waals surface area contributed by atoms with Gasteiger partial charge in [0.25, 0.3) is 11.6 Å². The second kappa shape index (κ2) is 7.92. The monoisotopic (exact) mass is 345 g/mol. The lowest BCUT2D eigenvalue weighted by atomic mass is 10.0. The maximum atomic E-state index is 12.7. The molecule has 0 saturated heterocycles. The van der Waals surface area contributed by atoms with Crippen LogP contribution in [-0.4, -0.2) is 27.8 Å². The molecular formula is C17H19N3O3S.